The zero-order valence-electron chi connectivity index (χ0n) is 19.4. The molecule has 37 heavy (non-hydrogen) atoms. The van der Waals surface area contributed by atoms with Crippen LogP contribution in [-0.2, 0) is 29.5 Å². The molecule has 2 heterocycles. The van der Waals surface area contributed by atoms with Crippen LogP contribution in [-0.4, -0.2) is 26.6 Å². The molecule has 0 saturated heterocycles. The third kappa shape index (κ3) is 6.55. The number of nitrogens with zero attached hydrogens (tertiary/aromatic N) is 3. The zero-order chi connectivity index (χ0) is 26.8. The molecular formula is C25H22F6N4O2. The fourth-order valence-corrected chi connectivity index (χ4v) is 4.05. The molecule has 0 atom stereocenters. The standard InChI is InChI=1S/C25H22F6N4O2/c26-24(27,28)9-1-4-20-33-19(16-5-7-17(8-6-16)25(29,30)31)13-22(37)35(20)15-21(36)34-23(10-11-23)18-3-2-12-32-14-18/h2-3,5-8,12-14H,1,4,9-11,15H2,(H,34,36). The summed E-state index contributed by atoms with van der Waals surface area (Å²) in [7, 11) is 0. The molecule has 1 amide bonds. The monoisotopic (exact) mass is 524 g/mol. The quantitative estimate of drug-likeness (QED) is 0.420. The molecule has 1 N–H and O–H groups in total. The van der Waals surface area contributed by atoms with E-state index in [1.807, 2.05) is 6.07 Å². The number of pyridine rings is 1. The van der Waals surface area contributed by atoms with Gasteiger partial charge in [0.05, 0.1) is 16.8 Å². The van der Waals surface area contributed by atoms with Gasteiger partial charge in [0.2, 0.25) is 5.91 Å². The minimum Gasteiger partial charge on any atom is -0.345 e. The van der Waals surface area contributed by atoms with Gasteiger partial charge in [0.25, 0.3) is 5.56 Å². The van der Waals surface area contributed by atoms with E-state index in [1.165, 1.54) is 0 Å². The normalized spacial score (nSPS) is 14.9. The maximum absolute atomic E-state index is 12.9. The van der Waals surface area contributed by atoms with Crippen LogP contribution in [0.1, 0.15) is 42.6 Å². The Balaban J connectivity index is 1.60. The van der Waals surface area contributed by atoms with Crippen molar-refractivity contribution in [2.75, 3.05) is 0 Å². The fraction of sp³-hybridized carbons (Fsp3) is 0.360. The van der Waals surface area contributed by atoms with E-state index in [9.17, 15) is 35.9 Å². The fourth-order valence-electron chi connectivity index (χ4n) is 4.05. The van der Waals surface area contributed by atoms with Crippen molar-refractivity contribution in [1.82, 2.24) is 19.9 Å². The Morgan fingerprint density at radius 1 is 1.05 bits per heavy atom. The van der Waals surface area contributed by atoms with Crippen LogP contribution in [0.3, 0.4) is 0 Å². The molecule has 0 unspecified atom stereocenters. The SMILES string of the molecule is O=C(Cn1c(CCCC(F)(F)F)nc(-c2ccc(C(F)(F)F)cc2)cc1=O)NC1(c2cccnc2)CC1. The van der Waals surface area contributed by atoms with Crippen molar-refractivity contribution in [2.45, 2.75) is 56.5 Å². The minimum absolute atomic E-state index is 0.00594. The highest BCUT2D eigenvalue weighted by Crippen LogP contribution is 2.45. The van der Waals surface area contributed by atoms with Crippen LogP contribution in [0, 0.1) is 0 Å². The number of hydrogen-bond acceptors (Lipinski definition) is 4. The molecule has 196 valence electrons. The van der Waals surface area contributed by atoms with Crippen LogP contribution in [0.5, 0.6) is 0 Å². The highest BCUT2D eigenvalue weighted by Gasteiger charge is 2.45. The first kappa shape index (κ1) is 26.4. The first-order valence-electron chi connectivity index (χ1n) is 11.4. The van der Waals surface area contributed by atoms with Gasteiger partial charge in [0.15, 0.2) is 0 Å². The number of amides is 1. The van der Waals surface area contributed by atoms with Gasteiger partial charge in [-0.3, -0.25) is 19.1 Å². The molecule has 1 aromatic carbocycles. The summed E-state index contributed by atoms with van der Waals surface area (Å²) in [5.41, 5.74) is -1.21. The van der Waals surface area contributed by atoms with E-state index in [-0.39, 0.29) is 29.9 Å². The number of rotatable bonds is 8. The molecule has 1 fully saturated rings. The topological polar surface area (TPSA) is 76.9 Å². The summed E-state index contributed by atoms with van der Waals surface area (Å²) in [6.07, 6.45) is -6.18. The number of carbonyl (C=O) groups is 1. The van der Waals surface area contributed by atoms with Gasteiger partial charge in [-0.05, 0) is 43.0 Å². The number of benzene rings is 1. The molecule has 0 aliphatic heterocycles. The van der Waals surface area contributed by atoms with E-state index in [4.69, 9.17) is 0 Å². The van der Waals surface area contributed by atoms with E-state index >= 15 is 0 Å². The number of nitrogens with one attached hydrogen (secondary N) is 1. The maximum atomic E-state index is 12.9. The summed E-state index contributed by atoms with van der Waals surface area (Å²) in [4.78, 5) is 34.1. The van der Waals surface area contributed by atoms with Gasteiger partial charge < -0.3 is 5.32 Å². The molecule has 1 aliphatic carbocycles. The third-order valence-corrected chi connectivity index (χ3v) is 6.10. The average Bonchev–Trinajstić information content (AvgIpc) is 3.61. The average molecular weight is 524 g/mol. The number of halogens is 6. The molecule has 1 aliphatic rings. The molecule has 0 radical (unpaired) electrons. The summed E-state index contributed by atoms with van der Waals surface area (Å²) in [5, 5.41) is 2.88. The smallest absolute Gasteiger partial charge is 0.345 e. The van der Waals surface area contributed by atoms with Crippen LogP contribution >= 0.6 is 0 Å². The highest BCUT2D eigenvalue weighted by atomic mass is 19.4. The van der Waals surface area contributed by atoms with Crippen molar-refractivity contribution in [3.05, 3.63) is 82.2 Å². The van der Waals surface area contributed by atoms with Crippen molar-refractivity contribution in [3.63, 3.8) is 0 Å². The highest BCUT2D eigenvalue weighted by molar-refractivity contribution is 5.77. The van der Waals surface area contributed by atoms with Gasteiger partial charge in [-0.2, -0.15) is 26.3 Å². The van der Waals surface area contributed by atoms with Crippen LogP contribution in [0.25, 0.3) is 11.3 Å². The minimum atomic E-state index is -4.56. The van der Waals surface area contributed by atoms with E-state index < -0.39 is 47.9 Å². The third-order valence-electron chi connectivity index (χ3n) is 6.10. The Bertz CT molecular complexity index is 1310. The Labute approximate surface area is 207 Å². The second-order valence-electron chi connectivity index (χ2n) is 8.90. The van der Waals surface area contributed by atoms with Gasteiger partial charge in [0, 0.05) is 36.9 Å². The summed E-state index contributed by atoms with van der Waals surface area (Å²) in [5.74, 6) is -0.586. The van der Waals surface area contributed by atoms with E-state index in [0.717, 1.165) is 40.5 Å². The Kier molecular flexibility index (Phi) is 7.11. The van der Waals surface area contributed by atoms with Crippen LogP contribution in [0.4, 0.5) is 26.3 Å². The van der Waals surface area contributed by atoms with Gasteiger partial charge in [0.1, 0.15) is 12.4 Å². The van der Waals surface area contributed by atoms with E-state index in [0.29, 0.717) is 12.8 Å². The molecule has 1 saturated carbocycles. The lowest BCUT2D eigenvalue weighted by Gasteiger charge is -2.19. The van der Waals surface area contributed by atoms with E-state index in [1.54, 1.807) is 18.5 Å². The number of carbonyl (C=O) groups excluding carboxylic acids is 1. The lowest BCUT2D eigenvalue weighted by Crippen LogP contribution is -2.40. The number of hydrogen-bond donors (Lipinski definition) is 1. The predicted molar refractivity (Wildman–Crippen MR) is 121 cm³/mol. The summed E-state index contributed by atoms with van der Waals surface area (Å²) < 4.78 is 77.9. The first-order chi connectivity index (χ1) is 17.4. The Morgan fingerprint density at radius 2 is 1.76 bits per heavy atom. The maximum Gasteiger partial charge on any atom is 0.416 e. The Morgan fingerprint density at radius 3 is 2.32 bits per heavy atom. The molecule has 6 nitrogen and oxygen atoms in total. The lowest BCUT2D eigenvalue weighted by atomic mass is 10.1. The van der Waals surface area contributed by atoms with Gasteiger partial charge in [-0.1, -0.05) is 18.2 Å². The molecule has 0 spiro atoms. The van der Waals surface area contributed by atoms with Crippen molar-refractivity contribution < 1.29 is 31.1 Å². The largest absolute Gasteiger partial charge is 0.416 e. The van der Waals surface area contributed by atoms with Gasteiger partial charge in [-0.15, -0.1) is 0 Å². The molecule has 4 rings (SSSR count). The molecule has 3 aromatic rings. The van der Waals surface area contributed by atoms with Crippen LogP contribution in [0.15, 0.2) is 59.7 Å². The number of alkyl halides is 6. The molecular weight excluding hydrogens is 502 g/mol. The van der Waals surface area contributed by atoms with Gasteiger partial charge >= 0.3 is 12.4 Å². The summed E-state index contributed by atoms with van der Waals surface area (Å²) in [6.45, 7) is -0.470. The lowest BCUT2D eigenvalue weighted by molar-refractivity contribution is -0.137. The number of aryl methyl sites for hydroxylation is 1. The second-order valence-corrected chi connectivity index (χ2v) is 8.90. The predicted octanol–water partition coefficient (Wildman–Crippen LogP) is 5.01. The summed E-state index contributed by atoms with van der Waals surface area (Å²) in [6, 6.07) is 8.51. The molecule has 0 bridgehead atoms. The Hall–Kier alpha value is -3.70. The molecule has 2 aromatic heterocycles. The second kappa shape index (κ2) is 9.98. The van der Waals surface area contributed by atoms with Crippen LogP contribution < -0.4 is 10.9 Å². The van der Waals surface area contributed by atoms with Crippen molar-refractivity contribution in [2.24, 2.45) is 0 Å². The van der Waals surface area contributed by atoms with Crippen molar-refractivity contribution in [3.8, 4) is 11.3 Å². The molecule has 12 heteroatoms. The van der Waals surface area contributed by atoms with E-state index in [2.05, 4.69) is 15.3 Å². The summed E-state index contributed by atoms with van der Waals surface area (Å²) >= 11 is 0. The zero-order valence-corrected chi connectivity index (χ0v) is 19.4. The first-order valence-corrected chi connectivity index (χ1v) is 11.4. The van der Waals surface area contributed by atoms with Gasteiger partial charge in [-0.25, -0.2) is 4.98 Å². The van der Waals surface area contributed by atoms with Crippen molar-refractivity contribution in [1.29, 1.82) is 0 Å². The van der Waals surface area contributed by atoms with Crippen molar-refractivity contribution >= 4 is 5.91 Å². The number of aromatic nitrogens is 3. The van der Waals surface area contributed by atoms with Crippen LogP contribution in [0.2, 0.25) is 0 Å².